The number of piperidine rings is 1. The predicted molar refractivity (Wildman–Crippen MR) is 113 cm³/mol. The van der Waals surface area contributed by atoms with Crippen molar-refractivity contribution in [1.82, 2.24) is 4.98 Å². The molecule has 2 aromatic rings. The zero-order valence-corrected chi connectivity index (χ0v) is 17.4. The largest absolute Gasteiger partial charge is 0.370 e. The van der Waals surface area contributed by atoms with Crippen LogP contribution in [0.5, 0.6) is 0 Å². The third kappa shape index (κ3) is 4.28. The highest BCUT2D eigenvalue weighted by atomic mass is 16.7. The van der Waals surface area contributed by atoms with Crippen molar-refractivity contribution in [3.05, 3.63) is 53.9 Å². The van der Waals surface area contributed by atoms with Gasteiger partial charge >= 0.3 is 0 Å². The number of nitrogens with zero attached hydrogens (tertiary/aromatic N) is 2. The number of pyridine rings is 1. The number of para-hydroxylation sites is 1. The minimum Gasteiger partial charge on any atom is -0.370 e. The molecule has 0 saturated carbocycles. The Hall–Kier alpha value is -2.44. The molecule has 0 aliphatic carbocycles. The van der Waals surface area contributed by atoms with Gasteiger partial charge in [-0.3, -0.25) is 4.79 Å². The van der Waals surface area contributed by atoms with E-state index in [2.05, 4.69) is 36.0 Å². The normalized spacial score (nSPS) is 18.8. The van der Waals surface area contributed by atoms with Gasteiger partial charge in [-0.05, 0) is 29.2 Å². The van der Waals surface area contributed by atoms with Crippen molar-refractivity contribution in [3.8, 4) is 0 Å². The van der Waals surface area contributed by atoms with Gasteiger partial charge in [0.15, 0.2) is 5.79 Å². The van der Waals surface area contributed by atoms with E-state index in [-0.39, 0.29) is 17.1 Å². The van der Waals surface area contributed by atoms with Gasteiger partial charge in [-0.15, -0.1) is 0 Å². The predicted octanol–water partition coefficient (Wildman–Crippen LogP) is 3.97. The van der Waals surface area contributed by atoms with Gasteiger partial charge in [0, 0.05) is 31.6 Å². The number of hydrogen-bond acceptors (Lipinski definition) is 5. The average Bonchev–Trinajstić information content (AvgIpc) is 3.16. The van der Waals surface area contributed by atoms with Gasteiger partial charge in [-0.25, -0.2) is 4.98 Å². The second-order valence-corrected chi connectivity index (χ2v) is 8.75. The standard InChI is InChI=1S/C23H29N3O3/c1-22(2,3)18-6-4-5-7-19(18)25-21(27)20-9-8-17(16-24-20)26-12-10-23(11-13-26)28-14-15-29-23/h4-9,16H,10-15H2,1-3H3,(H,25,27). The van der Waals surface area contributed by atoms with Crippen LogP contribution in [-0.2, 0) is 14.9 Å². The summed E-state index contributed by atoms with van der Waals surface area (Å²) in [4.78, 5) is 19.4. The molecule has 1 aromatic carbocycles. The molecule has 1 spiro atoms. The van der Waals surface area contributed by atoms with Crippen LogP contribution in [0.3, 0.4) is 0 Å². The number of hydrogen-bond donors (Lipinski definition) is 1. The number of anilines is 2. The molecule has 2 fully saturated rings. The van der Waals surface area contributed by atoms with Crippen molar-refractivity contribution in [1.29, 1.82) is 0 Å². The SMILES string of the molecule is CC(C)(C)c1ccccc1NC(=O)c1ccc(N2CCC3(CC2)OCCO3)cn1. The maximum atomic E-state index is 12.7. The number of carbonyl (C=O) groups excluding carboxylic acids is 1. The molecule has 1 aromatic heterocycles. The lowest BCUT2D eigenvalue weighted by Crippen LogP contribution is -2.45. The summed E-state index contributed by atoms with van der Waals surface area (Å²) in [6, 6.07) is 11.7. The highest BCUT2D eigenvalue weighted by molar-refractivity contribution is 6.03. The minimum atomic E-state index is -0.385. The summed E-state index contributed by atoms with van der Waals surface area (Å²) in [5.74, 6) is -0.580. The van der Waals surface area contributed by atoms with Gasteiger partial charge in [-0.1, -0.05) is 39.0 Å². The van der Waals surface area contributed by atoms with Crippen LogP contribution < -0.4 is 10.2 Å². The Morgan fingerprint density at radius 2 is 1.76 bits per heavy atom. The molecule has 0 unspecified atom stereocenters. The Bertz CT molecular complexity index is 858. The lowest BCUT2D eigenvalue weighted by atomic mass is 9.86. The molecule has 29 heavy (non-hydrogen) atoms. The Kier molecular flexibility index (Phi) is 5.32. The third-order valence-corrected chi connectivity index (χ3v) is 5.67. The molecule has 1 N–H and O–H groups in total. The number of nitrogens with one attached hydrogen (secondary N) is 1. The first-order chi connectivity index (χ1) is 13.9. The zero-order chi connectivity index (χ0) is 20.5. The molecule has 2 aliphatic rings. The Balaban J connectivity index is 1.42. The van der Waals surface area contributed by atoms with Crippen LogP contribution in [0.2, 0.25) is 0 Å². The number of rotatable bonds is 3. The Morgan fingerprint density at radius 1 is 1.07 bits per heavy atom. The molecule has 0 radical (unpaired) electrons. The summed E-state index contributed by atoms with van der Waals surface area (Å²) < 4.78 is 11.6. The fourth-order valence-electron chi connectivity index (χ4n) is 4.03. The second kappa shape index (κ2) is 7.76. The summed E-state index contributed by atoms with van der Waals surface area (Å²) in [5, 5.41) is 3.02. The fraction of sp³-hybridized carbons (Fsp3) is 0.478. The van der Waals surface area contributed by atoms with E-state index in [1.54, 1.807) is 12.3 Å². The lowest BCUT2D eigenvalue weighted by molar-refractivity contribution is -0.169. The monoisotopic (exact) mass is 395 g/mol. The number of benzene rings is 1. The topological polar surface area (TPSA) is 63.7 Å². The maximum absolute atomic E-state index is 12.7. The van der Waals surface area contributed by atoms with Crippen molar-refractivity contribution in [2.75, 3.05) is 36.5 Å². The van der Waals surface area contributed by atoms with E-state index in [9.17, 15) is 4.79 Å². The first-order valence-electron chi connectivity index (χ1n) is 10.3. The number of ether oxygens (including phenoxy) is 2. The quantitative estimate of drug-likeness (QED) is 0.852. The van der Waals surface area contributed by atoms with Gasteiger partial charge < -0.3 is 19.7 Å². The zero-order valence-electron chi connectivity index (χ0n) is 17.4. The van der Waals surface area contributed by atoms with E-state index in [0.717, 1.165) is 42.9 Å². The van der Waals surface area contributed by atoms with Crippen LogP contribution in [0.1, 0.15) is 49.7 Å². The van der Waals surface area contributed by atoms with E-state index in [1.165, 1.54) is 0 Å². The Morgan fingerprint density at radius 3 is 2.38 bits per heavy atom. The lowest BCUT2D eigenvalue weighted by Gasteiger charge is -2.38. The van der Waals surface area contributed by atoms with Crippen LogP contribution in [-0.4, -0.2) is 43.0 Å². The highest BCUT2D eigenvalue weighted by Gasteiger charge is 2.39. The van der Waals surface area contributed by atoms with Crippen molar-refractivity contribution in [2.24, 2.45) is 0 Å². The van der Waals surface area contributed by atoms with Gasteiger partial charge in [0.05, 0.1) is 25.1 Å². The first kappa shape index (κ1) is 19.9. The molecular formula is C23H29N3O3. The maximum Gasteiger partial charge on any atom is 0.274 e. The summed E-state index contributed by atoms with van der Waals surface area (Å²) in [5.41, 5.74) is 3.30. The average molecular weight is 396 g/mol. The van der Waals surface area contributed by atoms with Crippen LogP contribution in [0, 0.1) is 0 Å². The van der Waals surface area contributed by atoms with Gasteiger partial charge in [0.1, 0.15) is 5.69 Å². The van der Waals surface area contributed by atoms with Gasteiger partial charge in [-0.2, -0.15) is 0 Å². The molecule has 4 rings (SSSR count). The van der Waals surface area contributed by atoms with Gasteiger partial charge in [0.2, 0.25) is 0 Å². The van der Waals surface area contributed by atoms with Crippen LogP contribution in [0.25, 0.3) is 0 Å². The molecule has 6 nitrogen and oxygen atoms in total. The molecule has 0 atom stereocenters. The van der Waals surface area contributed by atoms with E-state index in [1.807, 2.05) is 30.3 Å². The molecule has 6 heteroatoms. The van der Waals surface area contributed by atoms with E-state index < -0.39 is 0 Å². The molecule has 2 aliphatic heterocycles. The molecule has 1 amide bonds. The van der Waals surface area contributed by atoms with E-state index in [4.69, 9.17) is 9.47 Å². The first-order valence-corrected chi connectivity index (χ1v) is 10.3. The Labute approximate surface area is 172 Å². The fourth-order valence-corrected chi connectivity index (χ4v) is 4.03. The highest BCUT2D eigenvalue weighted by Crippen LogP contribution is 2.33. The summed E-state index contributed by atoms with van der Waals surface area (Å²) in [7, 11) is 0. The molecular weight excluding hydrogens is 366 g/mol. The van der Waals surface area contributed by atoms with E-state index >= 15 is 0 Å². The van der Waals surface area contributed by atoms with Crippen molar-refractivity contribution < 1.29 is 14.3 Å². The van der Waals surface area contributed by atoms with E-state index in [0.29, 0.717) is 18.9 Å². The summed E-state index contributed by atoms with van der Waals surface area (Å²) in [6.07, 6.45) is 3.47. The summed E-state index contributed by atoms with van der Waals surface area (Å²) >= 11 is 0. The van der Waals surface area contributed by atoms with Gasteiger partial charge in [0.25, 0.3) is 5.91 Å². The third-order valence-electron chi connectivity index (χ3n) is 5.67. The van der Waals surface area contributed by atoms with Crippen molar-refractivity contribution in [3.63, 3.8) is 0 Å². The number of carbonyl (C=O) groups is 1. The minimum absolute atomic E-state index is 0.0560. The van der Waals surface area contributed by atoms with Crippen LogP contribution in [0.15, 0.2) is 42.6 Å². The second-order valence-electron chi connectivity index (χ2n) is 8.75. The summed E-state index contributed by atoms with van der Waals surface area (Å²) in [6.45, 7) is 9.48. The molecule has 2 saturated heterocycles. The molecule has 154 valence electrons. The number of amides is 1. The molecule has 3 heterocycles. The van der Waals surface area contributed by atoms with Crippen LogP contribution >= 0.6 is 0 Å². The number of aromatic nitrogens is 1. The molecule has 0 bridgehead atoms. The van der Waals surface area contributed by atoms with Crippen molar-refractivity contribution in [2.45, 2.75) is 44.8 Å². The van der Waals surface area contributed by atoms with Crippen molar-refractivity contribution >= 4 is 17.3 Å². The van der Waals surface area contributed by atoms with Crippen LogP contribution in [0.4, 0.5) is 11.4 Å². The smallest absolute Gasteiger partial charge is 0.274 e.